The highest BCUT2D eigenvalue weighted by Gasteiger charge is 2.12. The van der Waals surface area contributed by atoms with Gasteiger partial charge in [-0.1, -0.05) is 23.7 Å². The van der Waals surface area contributed by atoms with Crippen molar-refractivity contribution >= 4 is 11.6 Å². The van der Waals surface area contributed by atoms with E-state index in [0.717, 1.165) is 5.56 Å². The Bertz CT molecular complexity index is 694. The van der Waals surface area contributed by atoms with Gasteiger partial charge >= 0.3 is 0 Å². The fourth-order valence-corrected chi connectivity index (χ4v) is 2.06. The molecule has 96 valence electrons. The number of nitrogens with zero attached hydrogens (tertiary/aromatic N) is 2. The van der Waals surface area contributed by atoms with Crippen LogP contribution in [0.4, 0.5) is 0 Å². The molecule has 2 aromatic rings. The third kappa shape index (κ3) is 2.54. The van der Waals surface area contributed by atoms with E-state index in [9.17, 15) is 10.1 Å². The number of benzene rings is 1. The van der Waals surface area contributed by atoms with Crippen LogP contribution in [0.2, 0.25) is 5.02 Å². The van der Waals surface area contributed by atoms with E-state index in [4.69, 9.17) is 11.6 Å². The Hall–Kier alpha value is -2.05. The summed E-state index contributed by atoms with van der Waals surface area (Å²) in [7, 11) is 0. The molecule has 1 heterocycles. The molecule has 0 aliphatic carbocycles. The van der Waals surface area contributed by atoms with Crippen LogP contribution in [0.1, 0.15) is 25.5 Å². The van der Waals surface area contributed by atoms with Crippen molar-refractivity contribution in [2.24, 2.45) is 0 Å². The predicted octanol–water partition coefficient (Wildman–Crippen LogP) is 3.62. The van der Waals surface area contributed by atoms with Crippen molar-refractivity contribution in [1.29, 1.82) is 5.26 Å². The highest BCUT2D eigenvalue weighted by molar-refractivity contribution is 6.30. The Morgan fingerprint density at radius 1 is 1.21 bits per heavy atom. The van der Waals surface area contributed by atoms with Crippen LogP contribution in [0.5, 0.6) is 0 Å². The van der Waals surface area contributed by atoms with E-state index < -0.39 is 0 Å². The fraction of sp³-hybridized carbons (Fsp3) is 0.200. The van der Waals surface area contributed by atoms with Gasteiger partial charge < -0.3 is 4.57 Å². The van der Waals surface area contributed by atoms with Crippen molar-refractivity contribution in [2.75, 3.05) is 0 Å². The van der Waals surface area contributed by atoms with Crippen LogP contribution in [0.25, 0.3) is 11.1 Å². The van der Waals surface area contributed by atoms with Crippen molar-refractivity contribution < 1.29 is 0 Å². The highest BCUT2D eigenvalue weighted by Crippen LogP contribution is 2.23. The molecule has 4 heteroatoms. The standard InChI is InChI=1S/C15H13ClN2O/c1-10(2)18-8-7-13(14(9-17)15(18)19)11-3-5-12(16)6-4-11/h3-8,10H,1-2H3. The van der Waals surface area contributed by atoms with Gasteiger partial charge in [0.05, 0.1) is 0 Å². The van der Waals surface area contributed by atoms with Crippen molar-refractivity contribution in [1.82, 2.24) is 4.57 Å². The molecule has 0 spiro atoms. The molecule has 0 unspecified atom stereocenters. The number of hydrogen-bond acceptors (Lipinski definition) is 2. The molecule has 0 saturated heterocycles. The summed E-state index contributed by atoms with van der Waals surface area (Å²) in [4.78, 5) is 12.2. The van der Waals surface area contributed by atoms with E-state index in [-0.39, 0.29) is 17.2 Å². The van der Waals surface area contributed by atoms with Gasteiger partial charge in [-0.05, 0) is 37.6 Å². The monoisotopic (exact) mass is 272 g/mol. The molecule has 0 fully saturated rings. The van der Waals surface area contributed by atoms with Gasteiger partial charge in [-0.2, -0.15) is 5.26 Å². The minimum atomic E-state index is -0.259. The molecule has 0 atom stereocenters. The molecule has 0 N–H and O–H groups in total. The van der Waals surface area contributed by atoms with Crippen LogP contribution in [-0.2, 0) is 0 Å². The summed E-state index contributed by atoms with van der Waals surface area (Å²) >= 11 is 5.84. The molecule has 0 bridgehead atoms. The number of halogens is 1. The summed E-state index contributed by atoms with van der Waals surface area (Å²) in [5.41, 5.74) is 1.36. The zero-order valence-corrected chi connectivity index (χ0v) is 11.5. The Morgan fingerprint density at radius 3 is 2.37 bits per heavy atom. The van der Waals surface area contributed by atoms with E-state index in [1.165, 1.54) is 0 Å². The van der Waals surface area contributed by atoms with Crippen LogP contribution in [0, 0.1) is 11.3 Å². The molecule has 0 amide bonds. The lowest BCUT2D eigenvalue weighted by molar-refractivity contribution is 0.577. The molecule has 0 aliphatic rings. The second-order valence-corrected chi connectivity index (χ2v) is 4.97. The predicted molar refractivity (Wildman–Crippen MR) is 76.2 cm³/mol. The minimum Gasteiger partial charge on any atom is -0.312 e. The van der Waals surface area contributed by atoms with Gasteiger partial charge in [-0.15, -0.1) is 0 Å². The Kier molecular flexibility index (Phi) is 3.73. The van der Waals surface area contributed by atoms with Crippen LogP contribution < -0.4 is 5.56 Å². The summed E-state index contributed by atoms with van der Waals surface area (Å²) in [6.07, 6.45) is 1.72. The first-order valence-corrected chi connectivity index (χ1v) is 6.33. The van der Waals surface area contributed by atoms with E-state index in [1.54, 1.807) is 41.1 Å². The first-order chi connectivity index (χ1) is 9.04. The summed E-state index contributed by atoms with van der Waals surface area (Å²) in [5, 5.41) is 9.85. The van der Waals surface area contributed by atoms with Crippen molar-refractivity contribution in [3.8, 4) is 17.2 Å². The summed E-state index contributed by atoms with van der Waals surface area (Å²) in [6.45, 7) is 3.81. The number of hydrogen-bond donors (Lipinski definition) is 0. The Morgan fingerprint density at radius 2 is 1.84 bits per heavy atom. The number of rotatable bonds is 2. The second kappa shape index (κ2) is 5.29. The van der Waals surface area contributed by atoms with Gasteiger partial charge in [0.1, 0.15) is 11.6 Å². The molecule has 19 heavy (non-hydrogen) atoms. The topological polar surface area (TPSA) is 45.8 Å². The fourth-order valence-electron chi connectivity index (χ4n) is 1.93. The molecule has 3 nitrogen and oxygen atoms in total. The molecule has 2 rings (SSSR count). The molecule has 0 saturated carbocycles. The van der Waals surface area contributed by atoms with E-state index in [1.807, 2.05) is 19.9 Å². The first-order valence-electron chi connectivity index (χ1n) is 5.95. The lowest BCUT2D eigenvalue weighted by Gasteiger charge is -2.12. The van der Waals surface area contributed by atoms with Crippen molar-refractivity contribution in [2.45, 2.75) is 19.9 Å². The lowest BCUT2D eigenvalue weighted by atomic mass is 10.0. The quantitative estimate of drug-likeness (QED) is 0.838. The second-order valence-electron chi connectivity index (χ2n) is 4.53. The molecule has 0 radical (unpaired) electrons. The maximum Gasteiger partial charge on any atom is 0.269 e. The maximum atomic E-state index is 12.2. The Labute approximate surface area is 116 Å². The van der Waals surface area contributed by atoms with E-state index in [0.29, 0.717) is 10.6 Å². The van der Waals surface area contributed by atoms with Crippen molar-refractivity contribution in [3.05, 3.63) is 57.5 Å². The molecule has 1 aromatic heterocycles. The normalized spacial score (nSPS) is 10.5. The zero-order valence-electron chi connectivity index (χ0n) is 10.7. The lowest BCUT2D eigenvalue weighted by Crippen LogP contribution is -2.24. The molecular weight excluding hydrogens is 260 g/mol. The van der Waals surface area contributed by atoms with Gasteiger partial charge in [0.25, 0.3) is 5.56 Å². The van der Waals surface area contributed by atoms with Crippen LogP contribution >= 0.6 is 11.6 Å². The smallest absolute Gasteiger partial charge is 0.269 e. The highest BCUT2D eigenvalue weighted by atomic mass is 35.5. The van der Waals surface area contributed by atoms with Gasteiger partial charge in [-0.25, -0.2) is 0 Å². The van der Waals surface area contributed by atoms with Crippen LogP contribution in [0.3, 0.4) is 0 Å². The first kappa shape index (κ1) is 13.4. The average molecular weight is 273 g/mol. The van der Waals surface area contributed by atoms with E-state index >= 15 is 0 Å². The summed E-state index contributed by atoms with van der Waals surface area (Å²) in [6, 6.07) is 10.9. The van der Waals surface area contributed by atoms with Crippen molar-refractivity contribution in [3.63, 3.8) is 0 Å². The number of aromatic nitrogens is 1. The largest absolute Gasteiger partial charge is 0.312 e. The van der Waals surface area contributed by atoms with Gasteiger partial charge in [-0.3, -0.25) is 4.79 Å². The molecule has 1 aromatic carbocycles. The average Bonchev–Trinajstić information content (AvgIpc) is 2.38. The van der Waals surface area contributed by atoms with Gasteiger partial charge in [0.2, 0.25) is 0 Å². The molecular formula is C15H13ClN2O. The third-order valence-electron chi connectivity index (χ3n) is 2.94. The minimum absolute atomic E-state index is 0.0267. The zero-order chi connectivity index (χ0) is 14.0. The SMILES string of the molecule is CC(C)n1ccc(-c2ccc(Cl)cc2)c(C#N)c1=O. The molecule has 0 aliphatic heterocycles. The van der Waals surface area contributed by atoms with Gasteiger partial charge in [0.15, 0.2) is 0 Å². The Balaban J connectivity index is 2.66. The van der Waals surface area contributed by atoms with E-state index in [2.05, 4.69) is 0 Å². The third-order valence-corrected chi connectivity index (χ3v) is 3.19. The summed E-state index contributed by atoms with van der Waals surface area (Å²) in [5.74, 6) is 0. The maximum absolute atomic E-state index is 12.2. The van der Waals surface area contributed by atoms with Gasteiger partial charge in [0, 0.05) is 22.8 Å². The summed E-state index contributed by atoms with van der Waals surface area (Å²) < 4.78 is 1.55. The van der Waals surface area contributed by atoms with Crippen LogP contribution in [-0.4, -0.2) is 4.57 Å². The number of nitriles is 1. The number of pyridine rings is 1. The van der Waals surface area contributed by atoms with Crippen LogP contribution in [0.15, 0.2) is 41.3 Å².